The van der Waals surface area contributed by atoms with Crippen LogP contribution in [0.2, 0.25) is 5.02 Å². The van der Waals surface area contributed by atoms with Gasteiger partial charge in [0.05, 0.1) is 21.2 Å². The smallest absolute Gasteiger partial charge is 0.335 e. The molecule has 0 atom stereocenters. The van der Waals surface area contributed by atoms with E-state index in [0.717, 1.165) is 6.08 Å². The summed E-state index contributed by atoms with van der Waals surface area (Å²) in [6.45, 7) is 0. The summed E-state index contributed by atoms with van der Waals surface area (Å²) in [7, 11) is 0. The maximum absolute atomic E-state index is 11.9. The lowest BCUT2D eigenvalue weighted by Crippen LogP contribution is -2.33. The number of carboxylic acid groups (broad SMARTS) is 1. The number of carbonyl (C=O) groups is 2. The number of nitrogens with one attached hydrogen (secondary N) is 2. The maximum Gasteiger partial charge on any atom is 0.335 e. The van der Waals surface area contributed by atoms with E-state index in [2.05, 4.69) is 10.6 Å². The Bertz CT molecular complexity index is 961. The summed E-state index contributed by atoms with van der Waals surface area (Å²) in [6, 6.07) is 9.76. The van der Waals surface area contributed by atoms with Gasteiger partial charge in [-0.25, -0.2) is 4.79 Å². The molecule has 0 heterocycles. The second-order valence-electron chi connectivity index (χ2n) is 5.13. The van der Waals surface area contributed by atoms with Crippen molar-refractivity contribution in [3.05, 3.63) is 74.8 Å². The third-order valence-electron chi connectivity index (χ3n) is 3.21. The van der Waals surface area contributed by atoms with Crippen molar-refractivity contribution in [2.45, 2.75) is 0 Å². The van der Waals surface area contributed by atoms with Gasteiger partial charge >= 0.3 is 5.97 Å². The number of aromatic carboxylic acids is 1. The number of halogens is 1. The Hall–Kier alpha value is -3.30. The Morgan fingerprint density at radius 2 is 1.96 bits per heavy atom. The Kier molecular flexibility index (Phi) is 6.58. The van der Waals surface area contributed by atoms with Crippen LogP contribution in [0.25, 0.3) is 6.08 Å². The fourth-order valence-corrected chi connectivity index (χ4v) is 2.35. The summed E-state index contributed by atoms with van der Waals surface area (Å²) >= 11 is 11.0. The number of benzene rings is 2. The molecule has 2 rings (SSSR count). The summed E-state index contributed by atoms with van der Waals surface area (Å²) in [5.74, 6) is -1.71. The fraction of sp³-hybridized carbons (Fsp3) is 0. The molecule has 0 aliphatic carbocycles. The molecule has 2 aromatic carbocycles. The monoisotopic (exact) mass is 405 g/mol. The molecule has 10 heteroatoms. The van der Waals surface area contributed by atoms with Crippen LogP contribution in [0.15, 0.2) is 48.5 Å². The van der Waals surface area contributed by atoms with Gasteiger partial charge in [-0.05, 0) is 42.1 Å². The number of nitro groups is 1. The van der Waals surface area contributed by atoms with E-state index in [4.69, 9.17) is 28.9 Å². The molecule has 0 aromatic heterocycles. The van der Waals surface area contributed by atoms with Gasteiger partial charge in [-0.2, -0.15) is 0 Å². The molecule has 27 heavy (non-hydrogen) atoms. The zero-order valence-electron chi connectivity index (χ0n) is 13.5. The number of non-ortho nitro benzene ring substituents is 1. The van der Waals surface area contributed by atoms with Gasteiger partial charge in [0.25, 0.3) is 5.69 Å². The topological polar surface area (TPSA) is 122 Å². The Morgan fingerprint density at radius 1 is 1.22 bits per heavy atom. The van der Waals surface area contributed by atoms with E-state index in [9.17, 15) is 19.7 Å². The number of hydrogen-bond donors (Lipinski definition) is 3. The summed E-state index contributed by atoms with van der Waals surface area (Å²) in [5.41, 5.74) is 0.601. The summed E-state index contributed by atoms with van der Waals surface area (Å²) in [5, 5.41) is 24.9. The highest BCUT2D eigenvalue weighted by Gasteiger charge is 2.10. The average Bonchev–Trinajstić information content (AvgIpc) is 2.61. The third kappa shape index (κ3) is 5.87. The molecule has 0 saturated carbocycles. The van der Waals surface area contributed by atoms with Crippen molar-refractivity contribution < 1.29 is 19.6 Å². The number of hydrogen-bond acceptors (Lipinski definition) is 5. The van der Waals surface area contributed by atoms with Crippen molar-refractivity contribution in [1.29, 1.82) is 0 Å². The van der Waals surface area contributed by atoms with E-state index >= 15 is 0 Å². The van der Waals surface area contributed by atoms with E-state index in [-0.39, 0.29) is 27.1 Å². The second-order valence-corrected chi connectivity index (χ2v) is 5.94. The normalized spacial score (nSPS) is 10.4. The zero-order chi connectivity index (χ0) is 20.0. The molecular weight excluding hydrogens is 394 g/mol. The highest BCUT2D eigenvalue weighted by molar-refractivity contribution is 7.80. The van der Waals surface area contributed by atoms with E-state index in [1.807, 2.05) is 0 Å². The Morgan fingerprint density at radius 3 is 2.63 bits per heavy atom. The molecule has 0 aliphatic heterocycles. The first kappa shape index (κ1) is 20.0. The highest BCUT2D eigenvalue weighted by atomic mass is 35.5. The molecule has 0 unspecified atom stereocenters. The minimum absolute atomic E-state index is 0.00148. The number of nitro benzene ring substituents is 1. The second kappa shape index (κ2) is 8.88. The first-order valence-electron chi connectivity index (χ1n) is 7.33. The van der Waals surface area contributed by atoms with Crippen molar-refractivity contribution in [3.63, 3.8) is 0 Å². The molecule has 0 spiro atoms. The van der Waals surface area contributed by atoms with Crippen molar-refractivity contribution >= 4 is 58.3 Å². The van der Waals surface area contributed by atoms with E-state index in [1.165, 1.54) is 42.5 Å². The minimum Gasteiger partial charge on any atom is -0.478 e. The summed E-state index contributed by atoms with van der Waals surface area (Å²) in [6.07, 6.45) is 2.55. The molecule has 3 N–H and O–H groups in total. The number of thiocarbonyl (C=S) groups is 1. The molecule has 138 valence electrons. The lowest BCUT2D eigenvalue weighted by Gasteiger charge is -2.10. The van der Waals surface area contributed by atoms with E-state index in [0.29, 0.717) is 5.56 Å². The number of amides is 1. The fourth-order valence-electron chi connectivity index (χ4n) is 1.98. The van der Waals surface area contributed by atoms with Gasteiger partial charge in [-0.1, -0.05) is 23.7 Å². The first-order chi connectivity index (χ1) is 12.8. The van der Waals surface area contributed by atoms with Crippen molar-refractivity contribution in [2.24, 2.45) is 0 Å². The number of nitrogens with zero attached hydrogens (tertiary/aromatic N) is 1. The molecule has 1 amide bonds. The van der Waals surface area contributed by atoms with Crippen LogP contribution >= 0.6 is 23.8 Å². The molecule has 0 saturated heterocycles. The van der Waals surface area contributed by atoms with Gasteiger partial charge < -0.3 is 10.4 Å². The van der Waals surface area contributed by atoms with Crippen molar-refractivity contribution in [3.8, 4) is 0 Å². The SMILES string of the molecule is O=C(C=Cc1cccc([N+](=O)[O-])c1)NC(=S)Nc1cc(C(=O)O)ccc1Cl. The summed E-state index contributed by atoms with van der Waals surface area (Å²) < 4.78 is 0. The molecule has 0 aliphatic rings. The Labute approximate surface area is 163 Å². The molecule has 0 fully saturated rings. The Balaban J connectivity index is 2.01. The lowest BCUT2D eigenvalue weighted by atomic mass is 10.2. The quantitative estimate of drug-likeness (QED) is 0.301. The van der Waals surface area contributed by atoms with Crippen molar-refractivity contribution in [2.75, 3.05) is 5.32 Å². The summed E-state index contributed by atoms with van der Waals surface area (Å²) in [4.78, 5) is 33.1. The standard InChI is InChI=1S/C17H12ClN3O5S/c18-13-6-5-11(16(23)24)9-14(13)19-17(27)20-15(22)7-4-10-2-1-3-12(8-10)21(25)26/h1-9H,(H,23,24)(H2,19,20,22,27). The highest BCUT2D eigenvalue weighted by Crippen LogP contribution is 2.23. The first-order valence-corrected chi connectivity index (χ1v) is 8.12. The van der Waals surface area contributed by atoms with E-state index < -0.39 is 16.8 Å². The zero-order valence-corrected chi connectivity index (χ0v) is 15.1. The minimum atomic E-state index is -1.13. The van der Waals surface area contributed by atoms with Gasteiger partial charge in [-0.15, -0.1) is 0 Å². The largest absolute Gasteiger partial charge is 0.478 e. The van der Waals surface area contributed by atoms with E-state index in [1.54, 1.807) is 6.07 Å². The molecule has 0 radical (unpaired) electrons. The molecular formula is C17H12ClN3O5S. The van der Waals surface area contributed by atoms with Crippen LogP contribution in [0.3, 0.4) is 0 Å². The predicted octanol–water partition coefficient (Wildman–Crippen LogP) is 3.47. The lowest BCUT2D eigenvalue weighted by molar-refractivity contribution is -0.384. The number of rotatable bonds is 5. The van der Waals surface area contributed by atoms with Gasteiger partial charge in [0, 0.05) is 18.2 Å². The van der Waals surface area contributed by atoms with Gasteiger partial charge in [0.2, 0.25) is 5.91 Å². The van der Waals surface area contributed by atoms with Crippen LogP contribution in [0.4, 0.5) is 11.4 Å². The van der Waals surface area contributed by atoms with Crippen LogP contribution in [0, 0.1) is 10.1 Å². The number of carboxylic acids is 1. The maximum atomic E-state index is 11.9. The van der Waals surface area contributed by atoms with Crippen LogP contribution in [-0.2, 0) is 4.79 Å². The molecule has 8 nitrogen and oxygen atoms in total. The predicted molar refractivity (Wildman–Crippen MR) is 105 cm³/mol. The average molecular weight is 406 g/mol. The van der Waals surface area contributed by atoms with Gasteiger partial charge in [0.1, 0.15) is 0 Å². The van der Waals surface area contributed by atoms with Crippen LogP contribution in [0.5, 0.6) is 0 Å². The number of anilines is 1. The van der Waals surface area contributed by atoms with Crippen LogP contribution in [0.1, 0.15) is 15.9 Å². The number of carbonyl (C=O) groups excluding carboxylic acids is 1. The molecule has 0 bridgehead atoms. The van der Waals surface area contributed by atoms with Crippen LogP contribution < -0.4 is 10.6 Å². The third-order valence-corrected chi connectivity index (χ3v) is 3.74. The van der Waals surface area contributed by atoms with Gasteiger partial charge in [0.15, 0.2) is 5.11 Å². The van der Waals surface area contributed by atoms with Crippen LogP contribution in [-0.4, -0.2) is 27.0 Å². The van der Waals surface area contributed by atoms with Gasteiger partial charge in [-0.3, -0.25) is 20.2 Å². The van der Waals surface area contributed by atoms with Crippen molar-refractivity contribution in [1.82, 2.24) is 5.32 Å². The molecule has 2 aromatic rings.